The average Bonchev–Trinajstić information content (AvgIpc) is 2.99. The van der Waals surface area contributed by atoms with Gasteiger partial charge >= 0.3 is 0 Å². The number of pyridine rings is 1. The Kier molecular flexibility index (Phi) is 5.72. The molecule has 0 unspecified atom stereocenters. The number of hydrogen-bond acceptors (Lipinski definition) is 6. The van der Waals surface area contributed by atoms with Gasteiger partial charge in [0.15, 0.2) is 4.34 Å². The van der Waals surface area contributed by atoms with Crippen LogP contribution in [0.3, 0.4) is 0 Å². The fourth-order valence-corrected chi connectivity index (χ4v) is 4.04. The molecule has 3 aromatic rings. The van der Waals surface area contributed by atoms with Crippen molar-refractivity contribution in [3.8, 4) is 0 Å². The van der Waals surface area contributed by atoms with E-state index >= 15 is 0 Å². The van der Waals surface area contributed by atoms with Crippen LogP contribution in [-0.4, -0.2) is 15.2 Å². The minimum Gasteiger partial charge on any atom is -0.356 e. The molecule has 0 atom stereocenters. The Labute approximate surface area is 152 Å². The number of hydrogen-bond donors (Lipinski definition) is 1. The predicted octanol–water partition coefficient (Wildman–Crippen LogP) is 5.14. The van der Waals surface area contributed by atoms with Gasteiger partial charge in [-0.05, 0) is 23.3 Å². The Bertz CT molecular complexity index is 760. The molecule has 0 saturated heterocycles. The maximum absolute atomic E-state index is 5.90. The number of rotatable bonds is 6. The minimum atomic E-state index is 0.399. The molecule has 1 aromatic carbocycles. The number of halogens is 2. The lowest BCUT2D eigenvalue weighted by Crippen LogP contribution is -1.98. The molecule has 2 heterocycles. The number of benzene rings is 1. The third-order valence-corrected chi connectivity index (χ3v) is 5.35. The van der Waals surface area contributed by atoms with E-state index in [0.29, 0.717) is 10.3 Å². The van der Waals surface area contributed by atoms with Gasteiger partial charge in [-0.2, -0.15) is 0 Å². The van der Waals surface area contributed by atoms with E-state index in [2.05, 4.69) is 32.6 Å². The summed E-state index contributed by atoms with van der Waals surface area (Å²) in [6.07, 6.45) is 0. The summed E-state index contributed by atoms with van der Waals surface area (Å²) in [7, 11) is 0. The van der Waals surface area contributed by atoms with E-state index in [1.54, 1.807) is 23.9 Å². The van der Waals surface area contributed by atoms with Crippen LogP contribution in [-0.2, 0) is 12.3 Å². The van der Waals surface area contributed by atoms with Gasteiger partial charge in [0.2, 0.25) is 5.13 Å². The second kappa shape index (κ2) is 7.97. The van der Waals surface area contributed by atoms with E-state index in [1.807, 2.05) is 18.2 Å². The third kappa shape index (κ3) is 5.07. The van der Waals surface area contributed by atoms with Crippen LogP contribution in [0.15, 0.2) is 46.8 Å². The van der Waals surface area contributed by atoms with Crippen LogP contribution in [0.2, 0.25) is 10.3 Å². The van der Waals surface area contributed by atoms with Crippen molar-refractivity contribution in [2.45, 2.75) is 16.6 Å². The van der Waals surface area contributed by atoms with Gasteiger partial charge in [-0.1, -0.05) is 76.6 Å². The van der Waals surface area contributed by atoms with E-state index in [9.17, 15) is 0 Å². The lowest BCUT2D eigenvalue weighted by Gasteiger charge is -2.01. The second-order valence-corrected chi connectivity index (χ2v) is 7.60. The Balaban J connectivity index is 1.55. The molecule has 0 radical (unpaired) electrons. The fraction of sp³-hybridized carbons (Fsp3) is 0.133. The first-order chi connectivity index (χ1) is 11.2. The quantitative estimate of drug-likeness (QED) is 0.472. The summed E-state index contributed by atoms with van der Waals surface area (Å²) in [5.74, 6) is 0.718. The lowest BCUT2D eigenvalue weighted by atomic mass is 10.2. The van der Waals surface area contributed by atoms with Gasteiger partial charge in [0, 0.05) is 12.3 Å². The number of aromatic nitrogens is 3. The van der Waals surface area contributed by atoms with E-state index in [1.165, 1.54) is 16.9 Å². The molecule has 23 heavy (non-hydrogen) atoms. The summed E-state index contributed by atoms with van der Waals surface area (Å²) in [4.78, 5) is 3.93. The summed E-state index contributed by atoms with van der Waals surface area (Å²) in [5.41, 5.74) is 2.21. The highest BCUT2D eigenvalue weighted by molar-refractivity contribution is 8.00. The van der Waals surface area contributed by atoms with Crippen LogP contribution < -0.4 is 5.32 Å². The molecule has 2 aromatic heterocycles. The first-order valence-electron chi connectivity index (χ1n) is 6.75. The molecule has 0 aliphatic carbocycles. The third-order valence-electron chi connectivity index (χ3n) is 2.88. The highest BCUT2D eigenvalue weighted by Crippen LogP contribution is 2.29. The van der Waals surface area contributed by atoms with Gasteiger partial charge in [0.05, 0.1) is 0 Å². The Morgan fingerprint density at radius 3 is 2.48 bits per heavy atom. The van der Waals surface area contributed by atoms with Gasteiger partial charge in [0.25, 0.3) is 0 Å². The van der Waals surface area contributed by atoms with Crippen LogP contribution in [0.25, 0.3) is 0 Å². The number of nitrogens with zero attached hydrogens (tertiary/aromatic N) is 3. The van der Waals surface area contributed by atoms with Crippen molar-refractivity contribution in [1.82, 2.24) is 15.2 Å². The van der Waals surface area contributed by atoms with Crippen LogP contribution in [0.5, 0.6) is 0 Å². The zero-order valence-electron chi connectivity index (χ0n) is 11.9. The SMILES string of the molecule is Clc1cc(CSc2nnc(NCc3ccccc3)s2)cc(Cl)n1. The molecule has 0 amide bonds. The largest absolute Gasteiger partial charge is 0.356 e. The summed E-state index contributed by atoms with van der Waals surface area (Å²) in [6, 6.07) is 13.8. The molecule has 0 aliphatic rings. The Morgan fingerprint density at radius 2 is 1.74 bits per heavy atom. The molecule has 8 heteroatoms. The molecule has 0 aliphatic heterocycles. The van der Waals surface area contributed by atoms with Crippen molar-refractivity contribution >= 4 is 51.4 Å². The average molecular weight is 383 g/mol. The van der Waals surface area contributed by atoms with E-state index in [-0.39, 0.29) is 0 Å². The molecular formula is C15H12Cl2N4S2. The number of anilines is 1. The van der Waals surface area contributed by atoms with E-state index < -0.39 is 0 Å². The molecule has 1 N–H and O–H groups in total. The molecule has 118 valence electrons. The monoisotopic (exact) mass is 382 g/mol. The second-order valence-electron chi connectivity index (χ2n) is 4.62. The van der Waals surface area contributed by atoms with Gasteiger partial charge in [-0.15, -0.1) is 10.2 Å². The van der Waals surface area contributed by atoms with Crippen molar-refractivity contribution in [2.24, 2.45) is 0 Å². The van der Waals surface area contributed by atoms with Crippen LogP contribution in [0.1, 0.15) is 11.1 Å². The minimum absolute atomic E-state index is 0.399. The molecule has 3 rings (SSSR count). The summed E-state index contributed by atoms with van der Waals surface area (Å²) in [5, 5.41) is 13.2. The maximum atomic E-state index is 5.90. The molecular weight excluding hydrogens is 371 g/mol. The normalized spacial score (nSPS) is 10.7. The summed E-state index contributed by atoms with van der Waals surface area (Å²) in [6.45, 7) is 0.732. The Morgan fingerprint density at radius 1 is 1.00 bits per heavy atom. The number of thioether (sulfide) groups is 1. The van der Waals surface area contributed by atoms with Crippen molar-refractivity contribution in [3.63, 3.8) is 0 Å². The smallest absolute Gasteiger partial charge is 0.206 e. The topological polar surface area (TPSA) is 50.7 Å². The highest BCUT2D eigenvalue weighted by atomic mass is 35.5. The van der Waals surface area contributed by atoms with Crippen molar-refractivity contribution in [3.05, 3.63) is 63.9 Å². The van der Waals surface area contributed by atoms with Crippen LogP contribution >= 0.6 is 46.3 Å². The van der Waals surface area contributed by atoms with Gasteiger partial charge in [0.1, 0.15) is 10.3 Å². The molecule has 0 spiro atoms. The predicted molar refractivity (Wildman–Crippen MR) is 97.5 cm³/mol. The Hall–Kier alpha value is -1.34. The van der Waals surface area contributed by atoms with Crippen LogP contribution in [0.4, 0.5) is 5.13 Å². The van der Waals surface area contributed by atoms with Gasteiger partial charge in [-0.25, -0.2) is 4.98 Å². The van der Waals surface area contributed by atoms with Crippen molar-refractivity contribution < 1.29 is 0 Å². The molecule has 0 fully saturated rings. The maximum Gasteiger partial charge on any atom is 0.206 e. The summed E-state index contributed by atoms with van der Waals surface area (Å²) >= 11 is 14.9. The van der Waals surface area contributed by atoms with E-state index in [0.717, 1.165) is 27.3 Å². The van der Waals surface area contributed by atoms with Crippen molar-refractivity contribution in [1.29, 1.82) is 0 Å². The lowest BCUT2D eigenvalue weighted by molar-refractivity contribution is 0.995. The molecule has 0 saturated carbocycles. The zero-order chi connectivity index (χ0) is 16.1. The standard InChI is InChI=1S/C15H12Cl2N4S2/c16-12-6-11(7-13(17)19-12)9-22-15-21-20-14(23-15)18-8-10-4-2-1-3-5-10/h1-7H,8-9H2,(H,18,20). The molecule has 4 nitrogen and oxygen atoms in total. The molecule has 0 bridgehead atoms. The summed E-state index contributed by atoms with van der Waals surface area (Å²) < 4.78 is 0.893. The number of nitrogens with one attached hydrogen (secondary N) is 1. The fourth-order valence-electron chi connectivity index (χ4n) is 1.86. The zero-order valence-corrected chi connectivity index (χ0v) is 15.0. The first kappa shape index (κ1) is 16.5. The first-order valence-corrected chi connectivity index (χ1v) is 9.31. The van der Waals surface area contributed by atoms with Crippen molar-refractivity contribution in [2.75, 3.05) is 5.32 Å². The van der Waals surface area contributed by atoms with Gasteiger partial charge < -0.3 is 5.32 Å². The highest BCUT2D eigenvalue weighted by Gasteiger charge is 2.06. The van der Waals surface area contributed by atoms with E-state index in [4.69, 9.17) is 23.2 Å². The van der Waals surface area contributed by atoms with Crippen LogP contribution in [0, 0.1) is 0 Å². The van der Waals surface area contributed by atoms with Gasteiger partial charge in [-0.3, -0.25) is 0 Å².